The second kappa shape index (κ2) is 5.50. The van der Waals surface area contributed by atoms with E-state index in [9.17, 15) is 14.7 Å². The predicted molar refractivity (Wildman–Crippen MR) is 73.9 cm³/mol. The number of carbonyl (C=O) groups excluding carboxylic acids is 1. The van der Waals surface area contributed by atoms with Crippen LogP contribution in [0.25, 0.3) is 0 Å². The zero-order chi connectivity index (χ0) is 14.8. The van der Waals surface area contributed by atoms with E-state index in [1.54, 1.807) is 0 Å². The fraction of sp³-hybridized carbons (Fsp3) is 0.429. The minimum Gasteiger partial charge on any atom is -0.507 e. The van der Waals surface area contributed by atoms with E-state index in [0.29, 0.717) is 12.2 Å². The van der Waals surface area contributed by atoms with Crippen molar-refractivity contribution in [2.45, 2.75) is 19.8 Å². The fourth-order valence-electron chi connectivity index (χ4n) is 2.45. The number of carboxylic acid groups (broad SMARTS) is 1. The highest BCUT2D eigenvalue weighted by Gasteiger charge is 2.39. The maximum atomic E-state index is 12.4. The van der Waals surface area contributed by atoms with Gasteiger partial charge in [0.05, 0.1) is 5.41 Å². The second-order valence-corrected chi connectivity index (χ2v) is 5.05. The molecule has 6 nitrogen and oxygen atoms in total. The Morgan fingerprint density at radius 3 is 2.75 bits per heavy atom. The van der Waals surface area contributed by atoms with Crippen LogP contribution in [0, 0.1) is 5.41 Å². The van der Waals surface area contributed by atoms with Gasteiger partial charge in [0.15, 0.2) is 0 Å². The Morgan fingerprint density at radius 1 is 1.45 bits per heavy atom. The van der Waals surface area contributed by atoms with Crippen LogP contribution in [0.1, 0.15) is 30.1 Å². The summed E-state index contributed by atoms with van der Waals surface area (Å²) in [4.78, 5) is 23.3. The molecule has 0 aliphatic carbocycles. The van der Waals surface area contributed by atoms with Crippen LogP contribution in [0.4, 0.5) is 5.69 Å². The van der Waals surface area contributed by atoms with Crippen molar-refractivity contribution >= 4 is 17.6 Å². The number of rotatable bonds is 4. The summed E-state index contributed by atoms with van der Waals surface area (Å²) in [6, 6.07) is 4.03. The Bertz CT molecular complexity index is 536. The molecule has 0 radical (unpaired) electrons. The van der Waals surface area contributed by atoms with Crippen molar-refractivity contribution in [1.29, 1.82) is 0 Å². The molecule has 1 heterocycles. The number of anilines is 1. The van der Waals surface area contributed by atoms with Gasteiger partial charge in [-0.3, -0.25) is 4.79 Å². The molecular weight excluding hydrogens is 260 g/mol. The number of aromatic carboxylic acids is 1. The minimum absolute atomic E-state index is 0.118. The molecule has 108 valence electrons. The lowest BCUT2D eigenvalue weighted by molar-refractivity contribution is -0.124. The summed E-state index contributed by atoms with van der Waals surface area (Å²) in [5, 5.41) is 24.3. The fourth-order valence-corrected chi connectivity index (χ4v) is 2.45. The van der Waals surface area contributed by atoms with Crippen molar-refractivity contribution < 1.29 is 19.8 Å². The lowest BCUT2D eigenvalue weighted by Crippen LogP contribution is -2.37. The van der Waals surface area contributed by atoms with Crippen LogP contribution < -0.4 is 10.6 Å². The van der Waals surface area contributed by atoms with Gasteiger partial charge in [0, 0.05) is 12.2 Å². The summed E-state index contributed by atoms with van der Waals surface area (Å²) in [7, 11) is 0. The van der Waals surface area contributed by atoms with E-state index < -0.39 is 11.4 Å². The molecule has 1 aromatic rings. The first-order valence-electron chi connectivity index (χ1n) is 6.57. The number of aromatic hydroxyl groups is 1. The van der Waals surface area contributed by atoms with Crippen LogP contribution in [0.15, 0.2) is 18.2 Å². The Balaban J connectivity index is 2.19. The molecule has 0 bridgehead atoms. The van der Waals surface area contributed by atoms with Gasteiger partial charge in [-0.15, -0.1) is 0 Å². The minimum atomic E-state index is -1.23. The van der Waals surface area contributed by atoms with Gasteiger partial charge in [-0.1, -0.05) is 6.92 Å². The van der Waals surface area contributed by atoms with Gasteiger partial charge in [-0.2, -0.15) is 0 Å². The van der Waals surface area contributed by atoms with Crippen molar-refractivity contribution in [1.82, 2.24) is 5.32 Å². The highest BCUT2D eigenvalue weighted by molar-refractivity contribution is 5.98. The van der Waals surface area contributed by atoms with Crippen LogP contribution in [-0.2, 0) is 4.79 Å². The Morgan fingerprint density at radius 2 is 2.20 bits per heavy atom. The molecule has 2 rings (SSSR count). The number of hydrogen-bond donors (Lipinski definition) is 4. The zero-order valence-electron chi connectivity index (χ0n) is 11.3. The number of nitrogens with one attached hydrogen (secondary N) is 2. The van der Waals surface area contributed by atoms with Crippen LogP contribution in [0.2, 0.25) is 0 Å². The van der Waals surface area contributed by atoms with Gasteiger partial charge >= 0.3 is 5.97 Å². The Labute approximate surface area is 116 Å². The maximum Gasteiger partial charge on any atom is 0.339 e. The number of amides is 1. The number of carboxylic acids is 1. The van der Waals surface area contributed by atoms with Crippen LogP contribution in [-0.4, -0.2) is 35.2 Å². The summed E-state index contributed by atoms with van der Waals surface area (Å²) in [5.41, 5.74) is -0.288. The summed E-state index contributed by atoms with van der Waals surface area (Å²) in [6.45, 7) is 3.39. The first-order valence-corrected chi connectivity index (χ1v) is 6.57. The normalized spacial score (nSPS) is 21.6. The third-order valence-electron chi connectivity index (χ3n) is 3.89. The molecule has 1 atom stereocenters. The third-order valence-corrected chi connectivity index (χ3v) is 3.89. The third kappa shape index (κ3) is 2.60. The smallest absolute Gasteiger partial charge is 0.339 e. The lowest BCUT2D eigenvalue weighted by Gasteiger charge is -2.25. The van der Waals surface area contributed by atoms with Crippen molar-refractivity contribution in [2.75, 3.05) is 18.4 Å². The van der Waals surface area contributed by atoms with E-state index in [-0.39, 0.29) is 17.2 Å². The molecule has 1 amide bonds. The van der Waals surface area contributed by atoms with E-state index >= 15 is 0 Å². The molecule has 1 fully saturated rings. The van der Waals surface area contributed by atoms with E-state index in [4.69, 9.17) is 5.11 Å². The van der Waals surface area contributed by atoms with Gasteiger partial charge < -0.3 is 20.8 Å². The molecule has 1 aromatic carbocycles. The number of phenols is 1. The van der Waals surface area contributed by atoms with Crippen molar-refractivity contribution in [3.8, 4) is 5.75 Å². The first-order chi connectivity index (χ1) is 9.48. The monoisotopic (exact) mass is 278 g/mol. The molecule has 4 N–H and O–H groups in total. The first kappa shape index (κ1) is 14.3. The van der Waals surface area contributed by atoms with Crippen molar-refractivity contribution in [3.63, 3.8) is 0 Å². The molecule has 0 spiro atoms. The molecule has 6 heteroatoms. The molecule has 20 heavy (non-hydrogen) atoms. The average molecular weight is 278 g/mol. The van der Waals surface area contributed by atoms with Crippen LogP contribution >= 0.6 is 0 Å². The number of hydrogen-bond acceptors (Lipinski definition) is 4. The van der Waals surface area contributed by atoms with E-state index in [1.165, 1.54) is 18.2 Å². The van der Waals surface area contributed by atoms with Gasteiger partial charge in [0.1, 0.15) is 11.3 Å². The van der Waals surface area contributed by atoms with E-state index in [2.05, 4.69) is 10.6 Å². The number of benzene rings is 1. The van der Waals surface area contributed by atoms with Gasteiger partial charge in [-0.25, -0.2) is 4.79 Å². The van der Waals surface area contributed by atoms with Gasteiger partial charge in [0.2, 0.25) is 5.91 Å². The molecule has 1 aliphatic rings. The zero-order valence-corrected chi connectivity index (χ0v) is 11.3. The molecule has 0 aromatic heterocycles. The predicted octanol–water partition coefficient (Wildman–Crippen LogP) is 1.42. The number of carbonyl (C=O) groups is 2. The SMILES string of the molecule is CCC1(C(=O)Nc2ccc(O)c(C(=O)O)c2)CCNC1. The molecule has 1 saturated heterocycles. The Kier molecular flexibility index (Phi) is 3.94. The van der Waals surface area contributed by atoms with E-state index in [1.807, 2.05) is 6.92 Å². The van der Waals surface area contributed by atoms with E-state index in [0.717, 1.165) is 19.4 Å². The summed E-state index contributed by atoms with van der Waals surface area (Å²) in [5.74, 6) is -1.67. The average Bonchev–Trinajstić information content (AvgIpc) is 2.90. The Hall–Kier alpha value is -2.08. The van der Waals surface area contributed by atoms with Crippen LogP contribution in [0.3, 0.4) is 0 Å². The van der Waals surface area contributed by atoms with Gasteiger partial charge in [-0.05, 0) is 37.6 Å². The maximum absolute atomic E-state index is 12.4. The molecule has 1 aliphatic heterocycles. The highest BCUT2D eigenvalue weighted by atomic mass is 16.4. The summed E-state index contributed by atoms with van der Waals surface area (Å²) < 4.78 is 0. The largest absolute Gasteiger partial charge is 0.507 e. The quantitative estimate of drug-likeness (QED) is 0.624. The molecule has 1 unspecified atom stereocenters. The topological polar surface area (TPSA) is 98.7 Å². The summed E-state index contributed by atoms with van der Waals surface area (Å²) >= 11 is 0. The van der Waals surface area contributed by atoms with Crippen molar-refractivity contribution in [2.24, 2.45) is 5.41 Å². The van der Waals surface area contributed by atoms with Crippen LogP contribution in [0.5, 0.6) is 5.75 Å². The highest BCUT2D eigenvalue weighted by Crippen LogP contribution is 2.31. The van der Waals surface area contributed by atoms with Crippen molar-refractivity contribution in [3.05, 3.63) is 23.8 Å². The molecular formula is C14H18N2O4. The second-order valence-electron chi connectivity index (χ2n) is 5.05. The molecule has 0 saturated carbocycles. The standard InChI is InChI=1S/C14H18N2O4/c1-2-14(5-6-15-8-14)13(20)16-9-3-4-11(17)10(7-9)12(18)19/h3-4,7,15,17H,2,5-6,8H2,1H3,(H,16,20)(H,18,19). The lowest BCUT2D eigenvalue weighted by atomic mass is 9.83. The van der Waals surface area contributed by atoms with Gasteiger partial charge in [0.25, 0.3) is 0 Å². The summed E-state index contributed by atoms with van der Waals surface area (Å²) in [6.07, 6.45) is 1.48.